The van der Waals surface area contributed by atoms with Gasteiger partial charge in [0.2, 0.25) is 0 Å². The zero-order valence-corrected chi connectivity index (χ0v) is 10.8. The van der Waals surface area contributed by atoms with Crippen LogP contribution in [0.5, 0.6) is 0 Å². The van der Waals surface area contributed by atoms with E-state index in [0.717, 1.165) is 5.56 Å². The number of hydrogen-bond donors (Lipinski definition) is 0. The molecule has 2 rings (SSSR count). The lowest BCUT2D eigenvalue weighted by Crippen LogP contribution is -2.07. The molecule has 0 radical (unpaired) electrons. The molecule has 2 heterocycles. The van der Waals surface area contributed by atoms with Gasteiger partial charge >= 0.3 is 5.97 Å². The van der Waals surface area contributed by atoms with E-state index in [0.29, 0.717) is 17.6 Å². The second kappa shape index (κ2) is 5.18. The third kappa shape index (κ3) is 2.68. The number of nitrogens with zero attached hydrogens (tertiary/aromatic N) is 3. The molecule has 0 aliphatic rings. The molecule has 0 amide bonds. The Hall–Kier alpha value is -1.88. The lowest BCUT2D eigenvalue weighted by molar-refractivity contribution is 0.0519. The summed E-state index contributed by atoms with van der Waals surface area (Å²) in [4.78, 5) is 15.6. The molecule has 94 valence electrons. The average Bonchev–Trinajstić information content (AvgIpc) is 2.77. The summed E-state index contributed by atoms with van der Waals surface area (Å²) in [5.74, 6) is 0.116. The Labute approximate surface area is 109 Å². The number of rotatable bonds is 3. The zero-order valence-electron chi connectivity index (χ0n) is 10.1. The number of halogens is 1. The van der Waals surface area contributed by atoms with Crippen LogP contribution in [0.1, 0.15) is 23.0 Å². The van der Waals surface area contributed by atoms with Gasteiger partial charge in [-0.3, -0.25) is 0 Å². The SMILES string of the molecule is CCOC(=O)c1ccn(-c2cc(C)cc(Cl)n2)n1. The van der Waals surface area contributed by atoms with Gasteiger partial charge in [-0.15, -0.1) is 0 Å². The summed E-state index contributed by atoms with van der Waals surface area (Å²) in [5.41, 5.74) is 1.22. The number of aryl methyl sites for hydroxylation is 1. The maximum Gasteiger partial charge on any atom is 0.358 e. The molecule has 0 atom stereocenters. The molecule has 0 fully saturated rings. The number of esters is 1. The van der Waals surface area contributed by atoms with Gasteiger partial charge in [0, 0.05) is 6.20 Å². The predicted octanol–water partition coefficient (Wildman–Crippen LogP) is 2.41. The Bertz CT molecular complexity index is 560. The Morgan fingerprint density at radius 3 is 2.94 bits per heavy atom. The number of carbonyl (C=O) groups is 1. The van der Waals surface area contributed by atoms with Gasteiger partial charge in [0.1, 0.15) is 5.15 Å². The van der Waals surface area contributed by atoms with Crippen molar-refractivity contribution in [2.24, 2.45) is 0 Å². The Kier molecular flexibility index (Phi) is 3.62. The van der Waals surface area contributed by atoms with E-state index in [1.54, 1.807) is 25.3 Å². The first kappa shape index (κ1) is 12.6. The van der Waals surface area contributed by atoms with Crippen molar-refractivity contribution in [3.8, 4) is 5.82 Å². The molecule has 0 saturated heterocycles. The molecule has 0 aromatic carbocycles. The number of pyridine rings is 1. The van der Waals surface area contributed by atoms with Gasteiger partial charge in [-0.2, -0.15) is 5.10 Å². The van der Waals surface area contributed by atoms with Gasteiger partial charge in [0.05, 0.1) is 6.61 Å². The van der Waals surface area contributed by atoms with E-state index in [1.165, 1.54) is 4.68 Å². The van der Waals surface area contributed by atoms with Gasteiger partial charge in [-0.1, -0.05) is 11.6 Å². The van der Waals surface area contributed by atoms with Crippen LogP contribution < -0.4 is 0 Å². The molecule has 0 aliphatic heterocycles. The molecule has 2 aromatic rings. The Morgan fingerprint density at radius 1 is 1.50 bits per heavy atom. The summed E-state index contributed by atoms with van der Waals surface area (Å²) in [6.07, 6.45) is 1.64. The van der Waals surface area contributed by atoms with Crippen molar-refractivity contribution in [1.29, 1.82) is 0 Å². The quantitative estimate of drug-likeness (QED) is 0.632. The average molecular weight is 266 g/mol. The topological polar surface area (TPSA) is 57.0 Å². The van der Waals surface area contributed by atoms with Crippen molar-refractivity contribution in [1.82, 2.24) is 14.8 Å². The van der Waals surface area contributed by atoms with Crippen LogP contribution in [0.2, 0.25) is 5.15 Å². The first-order valence-electron chi connectivity index (χ1n) is 5.47. The summed E-state index contributed by atoms with van der Waals surface area (Å²) in [5, 5.41) is 4.49. The van der Waals surface area contributed by atoms with Gasteiger partial charge in [0.25, 0.3) is 0 Å². The lowest BCUT2D eigenvalue weighted by atomic mass is 10.3. The minimum absolute atomic E-state index is 0.247. The number of carbonyl (C=O) groups excluding carboxylic acids is 1. The molecule has 0 aliphatic carbocycles. The van der Waals surface area contributed by atoms with Crippen molar-refractivity contribution < 1.29 is 9.53 Å². The predicted molar refractivity (Wildman–Crippen MR) is 67.1 cm³/mol. The van der Waals surface area contributed by atoms with Gasteiger partial charge in [-0.05, 0) is 37.6 Å². The van der Waals surface area contributed by atoms with Crippen LogP contribution in [-0.4, -0.2) is 27.3 Å². The molecular weight excluding hydrogens is 254 g/mol. The largest absolute Gasteiger partial charge is 0.461 e. The third-order valence-corrected chi connectivity index (χ3v) is 2.43. The van der Waals surface area contributed by atoms with Crippen LogP contribution in [0.25, 0.3) is 5.82 Å². The zero-order chi connectivity index (χ0) is 13.1. The second-order valence-corrected chi connectivity index (χ2v) is 4.08. The summed E-state index contributed by atoms with van der Waals surface area (Å²) in [6.45, 7) is 3.98. The van der Waals surface area contributed by atoms with Gasteiger partial charge in [0.15, 0.2) is 11.5 Å². The van der Waals surface area contributed by atoms with Crippen LogP contribution >= 0.6 is 11.6 Å². The Balaban J connectivity index is 2.32. The van der Waals surface area contributed by atoms with Crippen LogP contribution in [0.3, 0.4) is 0 Å². The van der Waals surface area contributed by atoms with E-state index in [9.17, 15) is 4.79 Å². The molecule has 0 unspecified atom stereocenters. The van der Waals surface area contributed by atoms with Crippen LogP contribution in [0.4, 0.5) is 0 Å². The highest BCUT2D eigenvalue weighted by Gasteiger charge is 2.11. The normalized spacial score (nSPS) is 10.4. The monoisotopic (exact) mass is 265 g/mol. The first-order valence-corrected chi connectivity index (χ1v) is 5.85. The fourth-order valence-corrected chi connectivity index (χ4v) is 1.75. The summed E-state index contributed by atoms with van der Waals surface area (Å²) < 4.78 is 6.35. The third-order valence-electron chi connectivity index (χ3n) is 2.23. The van der Waals surface area contributed by atoms with Crippen molar-refractivity contribution in [2.75, 3.05) is 6.61 Å². The minimum atomic E-state index is -0.449. The summed E-state index contributed by atoms with van der Waals surface area (Å²) in [7, 11) is 0. The smallest absolute Gasteiger partial charge is 0.358 e. The molecule has 0 spiro atoms. The van der Waals surface area contributed by atoms with Gasteiger partial charge < -0.3 is 4.74 Å². The Morgan fingerprint density at radius 2 is 2.28 bits per heavy atom. The number of aromatic nitrogens is 3. The molecule has 6 heteroatoms. The standard InChI is InChI=1S/C12H12ClN3O2/c1-3-18-12(17)9-4-5-16(15-9)11-7-8(2)6-10(13)14-11/h4-7H,3H2,1-2H3. The van der Waals surface area contributed by atoms with Crippen molar-refractivity contribution in [3.63, 3.8) is 0 Å². The van der Waals surface area contributed by atoms with E-state index in [4.69, 9.17) is 16.3 Å². The highest BCUT2D eigenvalue weighted by molar-refractivity contribution is 6.29. The van der Waals surface area contributed by atoms with Crippen molar-refractivity contribution >= 4 is 17.6 Å². The fraction of sp³-hybridized carbons (Fsp3) is 0.250. The van der Waals surface area contributed by atoms with Gasteiger partial charge in [-0.25, -0.2) is 14.5 Å². The van der Waals surface area contributed by atoms with Crippen LogP contribution in [0, 0.1) is 6.92 Å². The molecule has 2 aromatic heterocycles. The maximum atomic E-state index is 11.5. The lowest BCUT2D eigenvalue weighted by Gasteiger charge is -2.02. The second-order valence-electron chi connectivity index (χ2n) is 3.69. The van der Waals surface area contributed by atoms with E-state index >= 15 is 0 Å². The van der Waals surface area contributed by atoms with E-state index in [2.05, 4.69) is 10.1 Å². The maximum absolute atomic E-state index is 11.5. The first-order chi connectivity index (χ1) is 8.60. The minimum Gasteiger partial charge on any atom is -0.461 e. The molecular formula is C12H12ClN3O2. The molecule has 0 N–H and O–H groups in total. The van der Waals surface area contributed by atoms with E-state index < -0.39 is 5.97 Å². The number of ether oxygens (including phenoxy) is 1. The van der Waals surface area contributed by atoms with Crippen molar-refractivity contribution in [2.45, 2.75) is 13.8 Å². The van der Waals surface area contributed by atoms with Crippen LogP contribution in [-0.2, 0) is 4.74 Å². The van der Waals surface area contributed by atoms with Crippen molar-refractivity contribution in [3.05, 3.63) is 40.8 Å². The molecule has 0 saturated carbocycles. The number of hydrogen-bond acceptors (Lipinski definition) is 4. The van der Waals surface area contributed by atoms with Crippen LogP contribution in [0.15, 0.2) is 24.4 Å². The van der Waals surface area contributed by atoms with E-state index in [1.807, 2.05) is 13.0 Å². The summed E-state index contributed by atoms with van der Waals surface area (Å²) in [6, 6.07) is 5.16. The highest BCUT2D eigenvalue weighted by Crippen LogP contribution is 2.13. The molecule has 0 bridgehead atoms. The molecule has 5 nitrogen and oxygen atoms in total. The molecule has 18 heavy (non-hydrogen) atoms. The summed E-state index contributed by atoms with van der Waals surface area (Å²) >= 11 is 5.88. The highest BCUT2D eigenvalue weighted by atomic mass is 35.5. The fourth-order valence-electron chi connectivity index (χ4n) is 1.49. The van der Waals surface area contributed by atoms with E-state index in [-0.39, 0.29) is 5.69 Å².